The van der Waals surface area contributed by atoms with Crippen LogP contribution in [0.1, 0.15) is 36.8 Å². The van der Waals surface area contributed by atoms with Gasteiger partial charge < -0.3 is 4.74 Å². The predicted octanol–water partition coefficient (Wildman–Crippen LogP) is 4.40. The molecule has 1 nitrogen and oxygen atoms in total. The summed E-state index contributed by atoms with van der Waals surface area (Å²) in [6.07, 6.45) is 3.85. The maximum absolute atomic E-state index is 12.6. The molecule has 0 saturated carbocycles. The van der Waals surface area contributed by atoms with Gasteiger partial charge in [0.2, 0.25) is 0 Å². The standard InChI is InChI=1S/C15H20FO/c1-4-6-7-17-15-9-13(5-2)8-14(10-15)12(3)11-16/h5,8-10,12H,2-4,6-7,11H2,1H3. The predicted molar refractivity (Wildman–Crippen MR) is 71.0 cm³/mol. The van der Waals surface area contributed by atoms with E-state index in [0.717, 1.165) is 29.7 Å². The first-order valence-corrected chi connectivity index (χ1v) is 6.00. The zero-order valence-electron chi connectivity index (χ0n) is 10.4. The van der Waals surface area contributed by atoms with Crippen molar-refractivity contribution in [2.24, 2.45) is 0 Å². The Balaban J connectivity index is 2.85. The van der Waals surface area contributed by atoms with Crippen molar-refractivity contribution in [2.45, 2.75) is 25.7 Å². The quantitative estimate of drug-likeness (QED) is 0.637. The molecule has 2 heteroatoms. The van der Waals surface area contributed by atoms with E-state index in [0.29, 0.717) is 6.61 Å². The van der Waals surface area contributed by atoms with Crippen LogP contribution in [-0.4, -0.2) is 13.3 Å². The van der Waals surface area contributed by atoms with Crippen molar-refractivity contribution in [1.82, 2.24) is 0 Å². The monoisotopic (exact) mass is 235 g/mol. The minimum Gasteiger partial charge on any atom is -0.494 e. The summed E-state index contributed by atoms with van der Waals surface area (Å²) in [5.74, 6) is 0.427. The Morgan fingerprint density at radius 3 is 2.76 bits per heavy atom. The highest BCUT2D eigenvalue weighted by atomic mass is 19.1. The van der Waals surface area contributed by atoms with Gasteiger partial charge in [0.25, 0.3) is 0 Å². The lowest BCUT2D eigenvalue weighted by Crippen LogP contribution is -2.00. The largest absolute Gasteiger partial charge is 0.494 e. The molecular formula is C15H20FO. The summed E-state index contributed by atoms with van der Waals surface area (Å²) in [6, 6.07) is 5.67. The Bertz CT molecular complexity index is 360. The lowest BCUT2D eigenvalue weighted by Gasteiger charge is -2.12. The van der Waals surface area contributed by atoms with E-state index in [1.807, 2.05) is 18.2 Å². The smallest absolute Gasteiger partial charge is 0.120 e. The highest BCUT2D eigenvalue weighted by molar-refractivity contribution is 5.52. The van der Waals surface area contributed by atoms with E-state index in [-0.39, 0.29) is 5.92 Å². The van der Waals surface area contributed by atoms with E-state index < -0.39 is 6.67 Å². The van der Waals surface area contributed by atoms with Crippen molar-refractivity contribution in [3.63, 3.8) is 0 Å². The van der Waals surface area contributed by atoms with Crippen LogP contribution in [0.4, 0.5) is 4.39 Å². The Morgan fingerprint density at radius 1 is 1.41 bits per heavy atom. The van der Waals surface area contributed by atoms with Crippen LogP contribution in [0, 0.1) is 6.92 Å². The number of unbranched alkanes of at least 4 members (excludes halogenated alkanes) is 1. The highest BCUT2D eigenvalue weighted by Gasteiger charge is 2.08. The van der Waals surface area contributed by atoms with Gasteiger partial charge in [-0.05, 0) is 36.6 Å². The van der Waals surface area contributed by atoms with Crippen molar-refractivity contribution in [3.05, 3.63) is 42.8 Å². The summed E-state index contributed by atoms with van der Waals surface area (Å²) in [5, 5.41) is 0. The van der Waals surface area contributed by atoms with Crippen molar-refractivity contribution in [3.8, 4) is 5.75 Å². The van der Waals surface area contributed by atoms with Gasteiger partial charge >= 0.3 is 0 Å². The molecule has 1 aromatic carbocycles. The average Bonchev–Trinajstić information content (AvgIpc) is 2.37. The summed E-state index contributed by atoms with van der Waals surface area (Å²) in [5.41, 5.74) is 1.80. The minimum absolute atomic E-state index is 0.344. The van der Waals surface area contributed by atoms with Crippen LogP contribution in [-0.2, 0) is 0 Å². The molecule has 1 unspecified atom stereocenters. The maximum Gasteiger partial charge on any atom is 0.120 e. The number of benzene rings is 1. The molecule has 1 atom stereocenters. The second-order valence-corrected chi connectivity index (χ2v) is 4.09. The zero-order valence-corrected chi connectivity index (χ0v) is 10.4. The van der Waals surface area contributed by atoms with Crippen LogP contribution in [0.5, 0.6) is 5.75 Å². The molecule has 1 radical (unpaired) electrons. The lowest BCUT2D eigenvalue weighted by atomic mass is 10.00. The first-order chi connectivity index (χ1) is 8.21. The van der Waals surface area contributed by atoms with Gasteiger partial charge in [0.1, 0.15) is 5.75 Å². The number of rotatable bonds is 7. The normalized spacial score (nSPS) is 12.2. The first-order valence-electron chi connectivity index (χ1n) is 6.00. The second kappa shape index (κ2) is 7.10. The van der Waals surface area contributed by atoms with Crippen LogP contribution >= 0.6 is 0 Å². The van der Waals surface area contributed by atoms with Gasteiger partial charge in [-0.2, -0.15) is 0 Å². The molecular weight excluding hydrogens is 215 g/mol. The third-order valence-electron chi connectivity index (χ3n) is 2.61. The third kappa shape index (κ3) is 4.22. The number of halogens is 1. The van der Waals surface area contributed by atoms with Crippen molar-refractivity contribution in [2.75, 3.05) is 13.3 Å². The zero-order chi connectivity index (χ0) is 12.7. The number of hydrogen-bond acceptors (Lipinski definition) is 1. The van der Waals surface area contributed by atoms with E-state index in [9.17, 15) is 4.39 Å². The van der Waals surface area contributed by atoms with Gasteiger partial charge in [-0.25, -0.2) is 0 Å². The molecule has 0 N–H and O–H groups in total. The Labute approximate surface area is 103 Å². The molecule has 0 aliphatic heterocycles. The number of hydrogen-bond donors (Lipinski definition) is 0. The molecule has 0 amide bonds. The summed E-state index contributed by atoms with van der Waals surface area (Å²) in [4.78, 5) is 0. The van der Waals surface area contributed by atoms with E-state index in [2.05, 4.69) is 20.4 Å². The van der Waals surface area contributed by atoms with Crippen LogP contribution in [0.15, 0.2) is 24.8 Å². The van der Waals surface area contributed by atoms with Crippen LogP contribution in [0.2, 0.25) is 0 Å². The summed E-state index contributed by atoms with van der Waals surface area (Å²) in [7, 11) is 0. The van der Waals surface area contributed by atoms with E-state index in [4.69, 9.17) is 4.74 Å². The van der Waals surface area contributed by atoms with Crippen molar-refractivity contribution < 1.29 is 9.13 Å². The molecule has 17 heavy (non-hydrogen) atoms. The molecule has 1 aromatic rings. The Hall–Kier alpha value is -1.31. The van der Waals surface area contributed by atoms with Gasteiger partial charge in [0, 0.05) is 5.92 Å². The molecule has 0 spiro atoms. The molecule has 93 valence electrons. The van der Waals surface area contributed by atoms with Crippen molar-refractivity contribution >= 4 is 6.08 Å². The second-order valence-electron chi connectivity index (χ2n) is 4.09. The van der Waals surface area contributed by atoms with Gasteiger partial charge in [-0.3, -0.25) is 4.39 Å². The SMILES string of the molecule is [CH2]C(CF)c1cc(C=C)cc(OCCCC)c1. The first kappa shape index (κ1) is 13.8. The third-order valence-corrected chi connectivity index (χ3v) is 2.61. The molecule has 0 heterocycles. The fraction of sp³-hybridized carbons (Fsp3) is 0.400. The average molecular weight is 235 g/mol. The molecule has 0 aliphatic rings. The molecule has 0 aromatic heterocycles. The fourth-order valence-electron chi connectivity index (χ4n) is 1.51. The fourth-order valence-corrected chi connectivity index (χ4v) is 1.51. The molecule has 0 aliphatic carbocycles. The summed E-state index contributed by atoms with van der Waals surface area (Å²) < 4.78 is 18.2. The Kier molecular flexibility index (Phi) is 5.75. The Morgan fingerprint density at radius 2 is 2.18 bits per heavy atom. The summed E-state index contributed by atoms with van der Waals surface area (Å²) >= 11 is 0. The topological polar surface area (TPSA) is 9.23 Å². The lowest BCUT2D eigenvalue weighted by molar-refractivity contribution is 0.309. The van der Waals surface area contributed by atoms with Gasteiger partial charge in [-0.1, -0.05) is 32.1 Å². The van der Waals surface area contributed by atoms with E-state index in [1.165, 1.54) is 0 Å². The molecule has 0 fully saturated rings. The number of alkyl halides is 1. The number of ether oxygens (including phenoxy) is 1. The maximum atomic E-state index is 12.6. The van der Waals surface area contributed by atoms with Gasteiger partial charge in [0.05, 0.1) is 13.3 Å². The van der Waals surface area contributed by atoms with Crippen LogP contribution in [0.25, 0.3) is 6.08 Å². The van der Waals surface area contributed by atoms with Gasteiger partial charge in [0.15, 0.2) is 0 Å². The minimum atomic E-state index is -0.463. The highest BCUT2D eigenvalue weighted by Crippen LogP contribution is 2.24. The molecule has 1 rings (SSSR count). The van der Waals surface area contributed by atoms with E-state index in [1.54, 1.807) is 6.08 Å². The van der Waals surface area contributed by atoms with Crippen LogP contribution < -0.4 is 4.74 Å². The van der Waals surface area contributed by atoms with Crippen molar-refractivity contribution in [1.29, 1.82) is 0 Å². The molecule has 0 bridgehead atoms. The van der Waals surface area contributed by atoms with E-state index >= 15 is 0 Å². The van der Waals surface area contributed by atoms with Gasteiger partial charge in [-0.15, -0.1) is 0 Å². The van der Waals surface area contributed by atoms with Crippen LogP contribution in [0.3, 0.4) is 0 Å². The summed E-state index contributed by atoms with van der Waals surface area (Å²) in [6.45, 7) is 9.84. The molecule has 0 saturated heterocycles.